The zero-order valence-corrected chi connectivity index (χ0v) is 19.7. The summed E-state index contributed by atoms with van der Waals surface area (Å²) in [6, 6.07) is 11.0. The predicted molar refractivity (Wildman–Crippen MR) is 134 cm³/mol. The molecule has 0 atom stereocenters. The lowest BCUT2D eigenvalue weighted by Crippen LogP contribution is -2.31. The van der Waals surface area contributed by atoms with Crippen molar-refractivity contribution in [2.45, 2.75) is 53.1 Å². The summed E-state index contributed by atoms with van der Waals surface area (Å²) in [6.07, 6.45) is 3.45. The summed E-state index contributed by atoms with van der Waals surface area (Å²) in [5.74, 6) is 0.763. The van der Waals surface area contributed by atoms with Crippen LogP contribution in [0.2, 0.25) is 0 Å². The molecule has 1 aliphatic rings. The zero-order chi connectivity index (χ0) is 23.4. The van der Waals surface area contributed by atoms with Crippen molar-refractivity contribution >= 4 is 34.1 Å². The SMILES string of the molecule is CCOc1ccc(NC(=O)Nc2cc3c(cc2N2CCCCC2)n(CC)c(=O)n3CC)cc1. The Hall–Kier alpha value is -3.42. The van der Waals surface area contributed by atoms with Crippen molar-refractivity contribution in [3.63, 3.8) is 0 Å². The van der Waals surface area contributed by atoms with Gasteiger partial charge in [-0.25, -0.2) is 9.59 Å². The molecule has 1 aliphatic heterocycles. The normalized spacial score (nSPS) is 13.8. The molecule has 8 nitrogen and oxygen atoms in total. The van der Waals surface area contributed by atoms with Crippen LogP contribution in [0.1, 0.15) is 40.0 Å². The summed E-state index contributed by atoms with van der Waals surface area (Å²) in [6.45, 7) is 9.52. The Balaban J connectivity index is 1.68. The van der Waals surface area contributed by atoms with E-state index in [4.69, 9.17) is 4.74 Å². The van der Waals surface area contributed by atoms with Crippen LogP contribution in [-0.2, 0) is 13.1 Å². The number of carbonyl (C=O) groups excluding carboxylic acids is 1. The van der Waals surface area contributed by atoms with Crippen molar-refractivity contribution in [3.8, 4) is 5.75 Å². The van der Waals surface area contributed by atoms with Gasteiger partial charge >= 0.3 is 11.7 Å². The molecule has 1 aromatic heterocycles. The Morgan fingerprint density at radius 1 is 0.909 bits per heavy atom. The highest BCUT2D eigenvalue weighted by Crippen LogP contribution is 2.33. The molecule has 4 rings (SSSR count). The molecular formula is C25H33N5O3. The van der Waals surface area contributed by atoms with Gasteiger partial charge in [0.15, 0.2) is 0 Å². The van der Waals surface area contributed by atoms with Crippen molar-refractivity contribution in [3.05, 3.63) is 46.9 Å². The van der Waals surface area contributed by atoms with Crippen LogP contribution in [0.25, 0.3) is 11.0 Å². The summed E-state index contributed by atoms with van der Waals surface area (Å²) < 4.78 is 9.02. The number of hydrogen-bond acceptors (Lipinski definition) is 4. The van der Waals surface area contributed by atoms with E-state index >= 15 is 0 Å². The minimum atomic E-state index is -0.322. The maximum Gasteiger partial charge on any atom is 0.329 e. The molecule has 0 bridgehead atoms. The number of nitrogens with zero attached hydrogens (tertiary/aromatic N) is 3. The van der Waals surface area contributed by atoms with Gasteiger partial charge in [0.05, 0.1) is 29.0 Å². The summed E-state index contributed by atoms with van der Waals surface area (Å²) in [5.41, 5.74) is 4.07. The lowest BCUT2D eigenvalue weighted by molar-refractivity contribution is 0.262. The molecule has 1 saturated heterocycles. The highest BCUT2D eigenvalue weighted by Gasteiger charge is 2.21. The first-order valence-electron chi connectivity index (χ1n) is 11.9. The molecule has 0 unspecified atom stereocenters. The number of urea groups is 1. The molecule has 3 aromatic rings. The molecule has 0 radical (unpaired) electrons. The number of amides is 2. The van der Waals surface area contributed by atoms with Gasteiger partial charge in [-0.2, -0.15) is 0 Å². The van der Waals surface area contributed by atoms with Crippen LogP contribution in [0, 0.1) is 0 Å². The third-order valence-electron chi connectivity index (χ3n) is 6.14. The minimum absolute atomic E-state index is 0.0180. The van der Waals surface area contributed by atoms with Crippen LogP contribution in [0.5, 0.6) is 5.75 Å². The Labute approximate surface area is 194 Å². The second kappa shape index (κ2) is 10.0. The van der Waals surface area contributed by atoms with Gasteiger partial charge < -0.3 is 20.3 Å². The Morgan fingerprint density at radius 3 is 2.15 bits per heavy atom. The van der Waals surface area contributed by atoms with Crippen molar-refractivity contribution in [2.24, 2.45) is 0 Å². The predicted octanol–water partition coefficient (Wildman–Crippen LogP) is 4.88. The first-order valence-corrected chi connectivity index (χ1v) is 11.9. The van der Waals surface area contributed by atoms with Crippen molar-refractivity contribution in [1.82, 2.24) is 9.13 Å². The number of rotatable bonds is 7. The smallest absolute Gasteiger partial charge is 0.329 e. The molecule has 2 N–H and O–H groups in total. The fourth-order valence-corrected chi connectivity index (χ4v) is 4.54. The van der Waals surface area contributed by atoms with Gasteiger partial charge in [0.2, 0.25) is 0 Å². The van der Waals surface area contributed by atoms with Crippen LogP contribution < -0.4 is 26.0 Å². The van der Waals surface area contributed by atoms with Gasteiger partial charge in [0, 0.05) is 31.9 Å². The molecule has 2 amide bonds. The standard InChI is InChI=1S/C25H33N5O3/c1-4-29-22-16-20(27-24(31)26-18-10-12-19(13-11-18)33-6-3)21(28-14-8-7-9-15-28)17-23(22)30(5-2)25(29)32/h10-13,16-17H,4-9,14-15H2,1-3H3,(H2,26,27,31). The van der Waals surface area contributed by atoms with Gasteiger partial charge in [-0.1, -0.05) is 0 Å². The van der Waals surface area contributed by atoms with Crippen LogP contribution in [-0.4, -0.2) is 34.9 Å². The summed E-state index contributed by atoms with van der Waals surface area (Å²) in [5, 5.41) is 5.94. The maximum atomic E-state index is 12.9. The van der Waals surface area contributed by atoms with E-state index < -0.39 is 0 Å². The number of benzene rings is 2. The first-order chi connectivity index (χ1) is 16.0. The highest BCUT2D eigenvalue weighted by atomic mass is 16.5. The topological polar surface area (TPSA) is 80.5 Å². The fourth-order valence-electron chi connectivity index (χ4n) is 4.54. The summed E-state index contributed by atoms with van der Waals surface area (Å²) in [4.78, 5) is 28.1. The molecule has 33 heavy (non-hydrogen) atoms. The second-order valence-electron chi connectivity index (χ2n) is 8.21. The van der Waals surface area contributed by atoms with E-state index in [0.29, 0.717) is 31.1 Å². The molecule has 0 aliphatic carbocycles. The molecule has 8 heteroatoms. The highest BCUT2D eigenvalue weighted by molar-refractivity contribution is 6.04. The Bertz CT molecular complexity index is 1170. The van der Waals surface area contributed by atoms with E-state index in [9.17, 15) is 9.59 Å². The third-order valence-corrected chi connectivity index (χ3v) is 6.14. The number of fused-ring (bicyclic) bond motifs is 1. The second-order valence-corrected chi connectivity index (χ2v) is 8.21. The van der Waals surface area contributed by atoms with Crippen LogP contribution >= 0.6 is 0 Å². The van der Waals surface area contributed by atoms with E-state index in [2.05, 4.69) is 21.6 Å². The average molecular weight is 452 g/mol. The van der Waals surface area contributed by atoms with Crippen LogP contribution in [0.4, 0.5) is 21.9 Å². The fraction of sp³-hybridized carbons (Fsp3) is 0.440. The van der Waals surface area contributed by atoms with E-state index in [-0.39, 0.29) is 11.7 Å². The number of carbonyl (C=O) groups is 1. The van der Waals surface area contributed by atoms with Crippen molar-refractivity contribution < 1.29 is 9.53 Å². The van der Waals surface area contributed by atoms with Crippen molar-refractivity contribution in [1.29, 1.82) is 0 Å². The summed E-state index contributed by atoms with van der Waals surface area (Å²) in [7, 11) is 0. The van der Waals surface area contributed by atoms with Crippen molar-refractivity contribution in [2.75, 3.05) is 35.2 Å². The number of aromatic nitrogens is 2. The van der Waals surface area contributed by atoms with E-state index in [1.54, 1.807) is 9.13 Å². The van der Waals surface area contributed by atoms with E-state index in [0.717, 1.165) is 48.4 Å². The molecule has 1 fully saturated rings. The lowest BCUT2D eigenvalue weighted by Gasteiger charge is -2.30. The molecule has 2 aromatic carbocycles. The zero-order valence-electron chi connectivity index (χ0n) is 19.7. The van der Waals surface area contributed by atoms with E-state index in [1.165, 1.54) is 6.42 Å². The van der Waals surface area contributed by atoms with Gasteiger partial charge in [-0.05, 0) is 76.4 Å². The minimum Gasteiger partial charge on any atom is -0.494 e. The molecule has 0 spiro atoms. The van der Waals surface area contributed by atoms with Crippen LogP contribution in [0.15, 0.2) is 41.2 Å². The van der Waals surface area contributed by atoms with E-state index in [1.807, 2.05) is 51.1 Å². The molecule has 0 saturated carbocycles. The Kier molecular flexibility index (Phi) is 6.91. The molecule has 176 valence electrons. The molecule has 2 heterocycles. The monoisotopic (exact) mass is 451 g/mol. The largest absolute Gasteiger partial charge is 0.494 e. The number of piperidine rings is 1. The number of hydrogen-bond donors (Lipinski definition) is 2. The summed E-state index contributed by atoms with van der Waals surface area (Å²) >= 11 is 0. The number of nitrogens with one attached hydrogen (secondary N) is 2. The molecular weight excluding hydrogens is 418 g/mol. The average Bonchev–Trinajstić information content (AvgIpc) is 3.09. The Morgan fingerprint density at radius 2 is 1.55 bits per heavy atom. The van der Waals surface area contributed by atoms with Gasteiger partial charge in [0.1, 0.15) is 5.75 Å². The number of ether oxygens (including phenoxy) is 1. The number of aryl methyl sites for hydroxylation is 2. The number of imidazole rings is 1. The first kappa shape index (κ1) is 22.8. The van der Waals surface area contributed by atoms with Gasteiger partial charge in [-0.15, -0.1) is 0 Å². The van der Waals surface area contributed by atoms with Gasteiger partial charge in [0.25, 0.3) is 0 Å². The maximum absolute atomic E-state index is 12.9. The van der Waals surface area contributed by atoms with Gasteiger partial charge in [-0.3, -0.25) is 9.13 Å². The quantitative estimate of drug-likeness (QED) is 0.537. The lowest BCUT2D eigenvalue weighted by atomic mass is 10.1. The third kappa shape index (κ3) is 4.69. The number of anilines is 3. The van der Waals surface area contributed by atoms with Crippen LogP contribution in [0.3, 0.4) is 0 Å².